The van der Waals surface area contributed by atoms with Crippen molar-refractivity contribution in [3.8, 4) is 5.75 Å². The molecule has 0 aliphatic carbocycles. The van der Waals surface area contributed by atoms with Crippen molar-refractivity contribution in [2.75, 3.05) is 7.11 Å². The molecule has 1 aromatic heterocycles. The lowest BCUT2D eigenvalue weighted by Crippen LogP contribution is -2.28. The number of hydrogen-bond donors (Lipinski definition) is 1. The number of carbonyl (C=O) groups is 1. The van der Waals surface area contributed by atoms with Gasteiger partial charge < -0.3 is 10.1 Å². The van der Waals surface area contributed by atoms with Gasteiger partial charge in [0.1, 0.15) is 5.75 Å². The van der Waals surface area contributed by atoms with Gasteiger partial charge in [-0.05, 0) is 32.0 Å². The number of carbonyl (C=O) groups excluding carboxylic acids is 1. The van der Waals surface area contributed by atoms with Gasteiger partial charge >= 0.3 is 0 Å². The Bertz CT molecular complexity index is 658. The van der Waals surface area contributed by atoms with E-state index >= 15 is 0 Å². The van der Waals surface area contributed by atoms with Crippen LogP contribution in [0.25, 0.3) is 0 Å². The molecular formula is C16H17FN2O2. The molecule has 0 fully saturated rings. The number of nitrogens with zero attached hydrogens (tertiary/aromatic N) is 1. The Morgan fingerprint density at radius 2 is 2.14 bits per heavy atom. The summed E-state index contributed by atoms with van der Waals surface area (Å²) in [5.41, 5.74) is 1.82. The van der Waals surface area contributed by atoms with E-state index in [1.54, 1.807) is 7.11 Å². The van der Waals surface area contributed by atoms with Crippen molar-refractivity contribution < 1.29 is 13.9 Å². The molecule has 21 heavy (non-hydrogen) atoms. The molecule has 1 aromatic carbocycles. The van der Waals surface area contributed by atoms with E-state index in [4.69, 9.17) is 4.74 Å². The first-order valence-corrected chi connectivity index (χ1v) is 6.59. The number of benzene rings is 1. The van der Waals surface area contributed by atoms with Crippen LogP contribution < -0.4 is 10.1 Å². The summed E-state index contributed by atoms with van der Waals surface area (Å²) < 4.78 is 18.8. The van der Waals surface area contributed by atoms with E-state index in [9.17, 15) is 9.18 Å². The van der Waals surface area contributed by atoms with Crippen LogP contribution in [0.15, 0.2) is 36.5 Å². The molecule has 1 heterocycles. The van der Waals surface area contributed by atoms with Crippen LogP contribution in [0.2, 0.25) is 0 Å². The van der Waals surface area contributed by atoms with Crippen LogP contribution in [0.3, 0.4) is 0 Å². The van der Waals surface area contributed by atoms with Crippen LogP contribution in [0, 0.1) is 12.9 Å². The zero-order valence-corrected chi connectivity index (χ0v) is 12.2. The zero-order chi connectivity index (χ0) is 15.4. The van der Waals surface area contributed by atoms with Crippen LogP contribution in [-0.4, -0.2) is 18.0 Å². The Balaban J connectivity index is 2.22. The summed E-state index contributed by atoms with van der Waals surface area (Å²) in [6, 6.07) is 8.32. The third kappa shape index (κ3) is 3.37. The second-order valence-corrected chi connectivity index (χ2v) is 4.78. The Morgan fingerprint density at radius 1 is 1.38 bits per heavy atom. The minimum Gasteiger partial charge on any atom is -0.496 e. The molecule has 0 aliphatic heterocycles. The summed E-state index contributed by atoms with van der Waals surface area (Å²) >= 11 is 0. The first kappa shape index (κ1) is 15.0. The van der Waals surface area contributed by atoms with Gasteiger partial charge in [-0.25, -0.2) is 4.98 Å². The molecule has 110 valence electrons. The number of halogens is 1. The molecular weight excluding hydrogens is 271 g/mol. The number of hydrogen-bond acceptors (Lipinski definition) is 3. The summed E-state index contributed by atoms with van der Waals surface area (Å²) in [5, 5.41) is 2.76. The monoisotopic (exact) mass is 288 g/mol. The molecule has 4 nitrogen and oxygen atoms in total. The molecule has 1 atom stereocenters. The van der Waals surface area contributed by atoms with Crippen molar-refractivity contribution in [3.05, 3.63) is 59.2 Å². The standard InChI is InChI=1S/C16H17FN2O2/c1-10-6-7-14(21-3)13(9-10)11(2)19-16(20)12-5-4-8-18-15(12)17/h4-9,11H,1-3H3,(H,19,20). The molecule has 1 N–H and O–H groups in total. The van der Waals surface area contributed by atoms with Crippen molar-refractivity contribution in [1.82, 2.24) is 10.3 Å². The highest BCUT2D eigenvalue weighted by atomic mass is 19.1. The predicted octanol–water partition coefficient (Wildman–Crippen LogP) is 3.03. The minimum absolute atomic E-state index is 0.0732. The largest absolute Gasteiger partial charge is 0.496 e. The van der Waals surface area contributed by atoms with Crippen molar-refractivity contribution in [2.24, 2.45) is 0 Å². The van der Waals surface area contributed by atoms with Crippen LogP contribution in [0.4, 0.5) is 4.39 Å². The van der Waals surface area contributed by atoms with Gasteiger partial charge in [0.05, 0.1) is 18.7 Å². The Kier molecular flexibility index (Phi) is 4.52. The number of rotatable bonds is 4. The fraction of sp³-hybridized carbons (Fsp3) is 0.250. The van der Waals surface area contributed by atoms with Gasteiger partial charge in [0.25, 0.3) is 5.91 Å². The van der Waals surface area contributed by atoms with E-state index in [1.165, 1.54) is 18.3 Å². The van der Waals surface area contributed by atoms with Crippen molar-refractivity contribution in [2.45, 2.75) is 19.9 Å². The number of aryl methyl sites for hydroxylation is 1. The molecule has 0 bridgehead atoms. The van der Waals surface area contributed by atoms with Crippen LogP contribution in [0.5, 0.6) is 5.75 Å². The molecule has 0 saturated carbocycles. The molecule has 0 spiro atoms. The number of aromatic nitrogens is 1. The quantitative estimate of drug-likeness (QED) is 0.880. The lowest BCUT2D eigenvalue weighted by Gasteiger charge is -2.18. The highest BCUT2D eigenvalue weighted by Gasteiger charge is 2.18. The first-order chi connectivity index (χ1) is 10.0. The van der Waals surface area contributed by atoms with E-state index < -0.39 is 11.9 Å². The van der Waals surface area contributed by atoms with Crippen molar-refractivity contribution in [3.63, 3.8) is 0 Å². The van der Waals surface area contributed by atoms with E-state index in [0.717, 1.165) is 11.1 Å². The SMILES string of the molecule is COc1ccc(C)cc1C(C)NC(=O)c1cccnc1F. The third-order valence-electron chi connectivity index (χ3n) is 3.20. The molecule has 0 radical (unpaired) electrons. The van der Waals surface area contributed by atoms with Gasteiger partial charge in [-0.1, -0.05) is 17.7 Å². The molecule has 0 saturated heterocycles. The van der Waals surface area contributed by atoms with E-state index in [1.807, 2.05) is 32.0 Å². The fourth-order valence-electron chi connectivity index (χ4n) is 2.10. The maximum absolute atomic E-state index is 13.5. The maximum Gasteiger partial charge on any atom is 0.256 e. The lowest BCUT2D eigenvalue weighted by molar-refractivity contribution is 0.0934. The lowest BCUT2D eigenvalue weighted by atomic mass is 10.0. The maximum atomic E-state index is 13.5. The number of amides is 1. The molecule has 0 aliphatic rings. The second kappa shape index (κ2) is 6.35. The summed E-state index contributed by atoms with van der Waals surface area (Å²) in [6.07, 6.45) is 1.30. The molecule has 1 amide bonds. The summed E-state index contributed by atoms with van der Waals surface area (Å²) in [5.74, 6) is -0.602. The van der Waals surface area contributed by atoms with Gasteiger partial charge in [-0.2, -0.15) is 4.39 Å². The van der Waals surface area contributed by atoms with Gasteiger partial charge in [0.15, 0.2) is 0 Å². The average Bonchev–Trinajstić information content (AvgIpc) is 2.47. The highest BCUT2D eigenvalue weighted by Crippen LogP contribution is 2.26. The molecule has 2 rings (SSSR count). The third-order valence-corrected chi connectivity index (χ3v) is 3.20. The van der Waals surface area contributed by atoms with Gasteiger partial charge in [-0.3, -0.25) is 4.79 Å². The number of ether oxygens (including phenoxy) is 1. The fourth-order valence-corrected chi connectivity index (χ4v) is 2.10. The molecule has 1 unspecified atom stereocenters. The number of nitrogens with one attached hydrogen (secondary N) is 1. The minimum atomic E-state index is -0.779. The van der Waals surface area contributed by atoms with Gasteiger partial charge in [0, 0.05) is 11.8 Å². The van der Waals surface area contributed by atoms with Crippen LogP contribution in [-0.2, 0) is 0 Å². The summed E-state index contributed by atoms with van der Waals surface area (Å²) in [4.78, 5) is 15.6. The second-order valence-electron chi connectivity index (χ2n) is 4.78. The van der Waals surface area contributed by atoms with E-state index in [0.29, 0.717) is 5.75 Å². The molecule has 2 aromatic rings. The zero-order valence-electron chi connectivity index (χ0n) is 12.2. The van der Waals surface area contributed by atoms with Crippen LogP contribution in [0.1, 0.15) is 34.5 Å². The Labute approximate surface area is 123 Å². The average molecular weight is 288 g/mol. The summed E-state index contributed by atoms with van der Waals surface area (Å²) in [7, 11) is 1.57. The van der Waals surface area contributed by atoms with E-state index in [-0.39, 0.29) is 11.6 Å². The highest BCUT2D eigenvalue weighted by molar-refractivity contribution is 5.94. The summed E-state index contributed by atoms with van der Waals surface area (Å²) in [6.45, 7) is 3.78. The van der Waals surface area contributed by atoms with Crippen molar-refractivity contribution >= 4 is 5.91 Å². The van der Waals surface area contributed by atoms with Crippen molar-refractivity contribution in [1.29, 1.82) is 0 Å². The van der Waals surface area contributed by atoms with Gasteiger partial charge in [-0.15, -0.1) is 0 Å². The predicted molar refractivity (Wildman–Crippen MR) is 77.8 cm³/mol. The Hall–Kier alpha value is -2.43. The Morgan fingerprint density at radius 3 is 2.81 bits per heavy atom. The number of methoxy groups -OCH3 is 1. The smallest absolute Gasteiger partial charge is 0.256 e. The first-order valence-electron chi connectivity index (χ1n) is 6.59. The number of pyridine rings is 1. The normalized spacial score (nSPS) is 11.8. The van der Waals surface area contributed by atoms with Gasteiger partial charge in [0.2, 0.25) is 5.95 Å². The molecule has 5 heteroatoms. The van der Waals surface area contributed by atoms with Crippen LogP contribution >= 0.6 is 0 Å². The topological polar surface area (TPSA) is 51.2 Å². The van der Waals surface area contributed by atoms with E-state index in [2.05, 4.69) is 10.3 Å².